The van der Waals surface area contributed by atoms with Gasteiger partial charge in [-0.05, 0) is 11.6 Å². The third-order valence-electron chi connectivity index (χ3n) is 4.27. The molecule has 1 amide bonds. The Balaban J connectivity index is 1.67. The van der Waals surface area contributed by atoms with E-state index >= 15 is 0 Å². The second-order valence-electron chi connectivity index (χ2n) is 6.12. The number of hydrogen-bond acceptors (Lipinski definition) is 5. The number of thiophene rings is 1. The third kappa shape index (κ3) is 3.49. The van der Waals surface area contributed by atoms with Gasteiger partial charge in [0.05, 0.1) is 23.1 Å². The van der Waals surface area contributed by atoms with Gasteiger partial charge >= 0.3 is 0 Å². The van der Waals surface area contributed by atoms with Gasteiger partial charge in [0.15, 0.2) is 5.82 Å². The molecule has 1 N–H and O–H groups in total. The van der Waals surface area contributed by atoms with Crippen LogP contribution in [0.5, 0.6) is 0 Å². The van der Waals surface area contributed by atoms with E-state index in [2.05, 4.69) is 27.4 Å². The number of anilines is 2. The number of amides is 1. The van der Waals surface area contributed by atoms with Gasteiger partial charge < -0.3 is 15.0 Å². The number of aryl methyl sites for hydroxylation is 1. The highest BCUT2D eigenvalue weighted by Crippen LogP contribution is 2.39. The molecule has 1 saturated heterocycles. The number of benzene rings is 1. The first-order chi connectivity index (χ1) is 12.7. The van der Waals surface area contributed by atoms with Crippen LogP contribution in [0.4, 0.5) is 10.8 Å². The van der Waals surface area contributed by atoms with E-state index in [9.17, 15) is 4.79 Å². The number of ether oxygens (including phenoxy) is 1. The van der Waals surface area contributed by atoms with Crippen molar-refractivity contribution in [3.05, 3.63) is 53.5 Å². The molecule has 7 heteroatoms. The van der Waals surface area contributed by atoms with Crippen LogP contribution in [0.25, 0.3) is 11.1 Å². The molecule has 4 rings (SSSR count). The molecule has 0 saturated carbocycles. The fourth-order valence-corrected chi connectivity index (χ4v) is 4.11. The van der Waals surface area contributed by atoms with E-state index in [1.54, 1.807) is 16.9 Å². The summed E-state index contributed by atoms with van der Waals surface area (Å²) in [6, 6.07) is 13.9. The number of morpholine rings is 1. The molecule has 0 spiro atoms. The molecule has 1 aliphatic rings. The molecule has 2 aromatic heterocycles. The number of nitrogens with one attached hydrogen (secondary N) is 1. The zero-order chi connectivity index (χ0) is 17.9. The molecular formula is C19H20N4O2S. The van der Waals surface area contributed by atoms with Crippen molar-refractivity contribution in [2.75, 3.05) is 36.5 Å². The number of carbonyl (C=O) groups excluding carboxylic acids is 1. The molecule has 1 aromatic carbocycles. The highest BCUT2D eigenvalue weighted by Gasteiger charge is 2.22. The number of nitrogens with zero attached hydrogens (tertiary/aromatic N) is 3. The maximum absolute atomic E-state index is 12.7. The van der Waals surface area contributed by atoms with E-state index in [-0.39, 0.29) is 5.91 Å². The minimum absolute atomic E-state index is 0.134. The molecule has 1 aliphatic heterocycles. The van der Waals surface area contributed by atoms with Crippen molar-refractivity contribution in [1.82, 2.24) is 9.78 Å². The van der Waals surface area contributed by atoms with Crippen LogP contribution in [-0.4, -0.2) is 42.0 Å². The van der Waals surface area contributed by atoms with Gasteiger partial charge in [-0.15, -0.1) is 11.3 Å². The van der Waals surface area contributed by atoms with Crippen molar-refractivity contribution >= 4 is 28.1 Å². The highest BCUT2D eigenvalue weighted by molar-refractivity contribution is 7.18. The van der Waals surface area contributed by atoms with Crippen molar-refractivity contribution < 1.29 is 9.53 Å². The Morgan fingerprint density at radius 2 is 1.96 bits per heavy atom. The lowest BCUT2D eigenvalue weighted by Gasteiger charge is -2.28. The molecule has 0 aliphatic carbocycles. The van der Waals surface area contributed by atoms with Gasteiger partial charge in [-0.1, -0.05) is 30.3 Å². The first-order valence-electron chi connectivity index (χ1n) is 8.53. The molecular weight excluding hydrogens is 348 g/mol. The van der Waals surface area contributed by atoms with Crippen LogP contribution in [0.3, 0.4) is 0 Å². The summed E-state index contributed by atoms with van der Waals surface area (Å²) in [5.41, 5.74) is 2.20. The molecule has 0 bridgehead atoms. The van der Waals surface area contributed by atoms with E-state index in [0.717, 1.165) is 29.2 Å². The Hall–Kier alpha value is -2.64. The third-order valence-corrected chi connectivity index (χ3v) is 5.47. The lowest BCUT2D eigenvalue weighted by atomic mass is 10.1. The normalized spacial score (nSPS) is 14.4. The summed E-state index contributed by atoms with van der Waals surface area (Å²) in [6.45, 7) is 3.09. The number of rotatable bonds is 4. The molecule has 134 valence electrons. The standard InChI is InChI=1S/C19H20N4O2S/c1-22-8-7-17(21-22)20-18(24)16-13-15(14-5-3-2-4-6-14)19(26-16)23-9-11-25-12-10-23/h2-8,13H,9-12H2,1H3,(H,20,21,24). The highest BCUT2D eigenvalue weighted by atomic mass is 32.1. The van der Waals surface area contributed by atoms with E-state index in [1.165, 1.54) is 11.3 Å². The number of carbonyl (C=O) groups is 1. The molecule has 6 nitrogen and oxygen atoms in total. The topological polar surface area (TPSA) is 59.4 Å². The number of aromatic nitrogens is 2. The zero-order valence-corrected chi connectivity index (χ0v) is 15.3. The van der Waals surface area contributed by atoms with Crippen LogP contribution in [0.1, 0.15) is 9.67 Å². The fourth-order valence-electron chi connectivity index (χ4n) is 2.98. The van der Waals surface area contributed by atoms with Crippen molar-refractivity contribution in [1.29, 1.82) is 0 Å². The SMILES string of the molecule is Cn1ccc(NC(=O)c2cc(-c3ccccc3)c(N3CCOCC3)s2)n1. The predicted molar refractivity (Wildman–Crippen MR) is 104 cm³/mol. The van der Waals surface area contributed by atoms with Gasteiger partial charge in [0, 0.05) is 38.0 Å². The van der Waals surface area contributed by atoms with Crippen molar-refractivity contribution in [2.24, 2.45) is 7.05 Å². The Bertz CT molecular complexity index is 897. The maximum Gasteiger partial charge on any atom is 0.267 e. The Kier molecular flexibility index (Phi) is 4.73. The van der Waals surface area contributed by atoms with E-state index in [0.29, 0.717) is 23.9 Å². The van der Waals surface area contributed by atoms with Gasteiger partial charge in [0.2, 0.25) is 0 Å². The molecule has 0 radical (unpaired) electrons. The summed E-state index contributed by atoms with van der Waals surface area (Å²) in [5.74, 6) is 0.422. The summed E-state index contributed by atoms with van der Waals surface area (Å²) >= 11 is 1.52. The Morgan fingerprint density at radius 1 is 1.19 bits per heavy atom. The maximum atomic E-state index is 12.7. The lowest BCUT2D eigenvalue weighted by molar-refractivity contribution is 0.103. The molecule has 0 atom stereocenters. The second kappa shape index (κ2) is 7.31. The molecule has 26 heavy (non-hydrogen) atoms. The van der Waals surface area contributed by atoms with Gasteiger partial charge in [0.25, 0.3) is 5.91 Å². The Labute approximate surface area is 156 Å². The van der Waals surface area contributed by atoms with Gasteiger partial charge in [-0.25, -0.2) is 0 Å². The van der Waals surface area contributed by atoms with E-state index < -0.39 is 0 Å². The average Bonchev–Trinajstić information content (AvgIpc) is 3.30. The van der Waals surface area contributed by atoms with Crippen LogP contribution >= 0.6 is 11.3 Å². The summed E-state index contributed by atoms with van der Waals surface area (Å²) in [6.07, 6.45) is 1.80. The van der Waals surface area contributed by atoms with Crippen molar-refractivity contribution in [2.45, 2.75) is 0 Å². The minimum atomic E-state index is -0.134. The van der Waals surface area contributed by atoms with E-state index in [1.807, 2.05) is 31.3 Å². The van der Waals surface area contributed by atoms with Gasteiger partial charge in [-0.3, -0.25) is 9.48 Å². The largest absolute Gasteiger partial charge is 0.378 e. The average molecular weight is 368 g/mol. The second-order valence-corrected chi connectivity index (χ2v) is 7.15. The van der Waals surface area contributed by atoms with Crippen LogP contribution < -0.4 is 10.2 Å². The van der Waals surface area contributed by atoms with Gasteiger partial charge in [-0.2, -0.15) is 5.10 Å². The van der Waals surface area contributed by atoms with E-state index in [4.69, 9.17) is 4.74 Å². The lowest BCUT2D eigenvalue weighted by Crippen LogP contribution is -2.35. The van der Waals surface area contributed by atoms with Gasteiger partial charge in [0.1, 0.15) is 0 Å². The van der Waals surface area contributed by atoms with Crippen LogP contribution in [-0.2, 0) is 11.8 Å². The molecule has 3 aromatic rings. The summed E-state index contributed by atoms with van der Waals surface area (Å²) < 4.78 is 7.14. The van der Waals surface area contributed by atoms with Crippen molar-refractivity contribution in [3.63, 3.8) is 0 Å². The van der Waals surface area contributed by atoms with Crippen LogP contribution in [0, 0.1) is 0 Å². The smallest absolute Gasteiger partial charge is 0.267 e. The molecule has 0 unspecified atom stereocenters. The summed E-state index contributed by atoms with van der Waals surface area (Å²) in [7, 11) is 1.82. The van der Waals surface area contributed by atoms with Crippen LogP contribution in [0.2, 0.25) is 0 Å². The first-order valence-corrected chi connectivity index (χ1v) is 9.35. The van der Waals surface area contributed by atoms with Crippen molar-refractivity contribution in [3.8, 4) is 11.1 Å². The summed E-state index contributed by atoms with van der Waals surface area (Å²) in [5, 5.41) is 8.20. The quantitative estimate of drug-likeness (QED) is 0.768. The van der Waals surface area contributed by atoms with Crippen LogP contribution in [0.15, 0.2) is 48.7 Å². The predicted octanol–water partition coefficient (Wildman–Crippen LogP) is 3.24. The zero-order valence-electron chi connectivity index (χ0n) is 14.5. The fraction of sp³-hybridized carbons (Fsp3) is 0.263. The first kappa shape index (κ1) is 16.8. The molecule has 3 heterocycles. The monoisotopic (exact) mass is 368 g/mol. The molecule has 1 fully saturated rings. The number of hydrogen-bond donors (Lipinski definition) is 1. The Morgan fingerprint density at radius 3 is 2.65 bits per heavy atom. The summed E-state index contributed by atoms with van der Waals surface area (Å²) in [4.78, 5) is 15.7. The minimum Gasteiger partial charge on any atom is -0.378 e.